The Kier molecular flexibility index (Phi) is 9.99. The van der Waals surface area contributed by atoms with Crippen molar-refractivity contribution >= 4 is 78.2 Å². The lowest BCUT2D eigenvalue weighted by Gasteiger charge is -2.11. The van der Waals surface area contributed by atoms with Crippen molar-refractivity contribution in [3.63, 3.8) is 0 Å². The summed E-state index contributed by atoms with van der Waals surface area (Å²) in [5.74, 6) is 0. The Morgan fingerprint density at radius 3 is 1.12 bits per heavy atom. The van der Waals surface area contributed by atoms with Crippen molar-refractivity contribution in [1.29, 1.82) is 0 Å². The maximum atomic E-state index is 2.38. The van der Waals surface area contributed by atoms with Crippen LogP contribution in [0.2, 0.25) is 0 Å². The van der Waals surface area contributed by atoms with E-state index in [1.165, 1.54) is 139 Å². The standard InChI is InChI=1S/C52H48/c1-3-5-7-9-37-11-15-39(16-12-37)19-21-41-23-25-43-35-51-45(33-47(43)31-41)27-29-50-49(51)30-28-46-34-48-32-42(24-26-44(48)36-52(46)50)22-20-40-17-13-38(14-18-40)10-8-6-4-2/h11-36H,3-10H2,1-2H3/b21-19+,22-20+. The molecule has 0 atom stereocenters. The van der Waals surface area contributed by atoms with Gasteiger partial charge in [-0.1, -0.05) is 161 Å². The first-order valence-corrected chi connectivity index (χ1v) is 19.4. The number of aryl methyl sites for hydroxylation is 2. The quantitative estimate of drug-likeness (QED) is 0.0524. The lowest BCUT2D eigenvalue weighted by molar-refractivity contribution is 0.717. The first kappa shape index (κ1) is 33.7. The largest absolute Gasteiger partial charge is 0.0654 e. The van der Waals surface area contributed by atoms with E-state index in [2.05, 4.69) is 172 Å². The van der Waals surface area contributed by atoms with Gasteiger partial charge in [-0.25, -0.2) is 0 Å². The van der Waals surface area contributed by atoms with Crippen LogP contribution >= 0.6 is 0 Å². The van der Waals surface area contributed by atoms with Gasteiger partial charge < -0.3 is 0 Å². The molecule has 0 aromatic heterocycles. The molecular formula is C52H48. The average Bonchev–Trinajstić information content (AvgIpc) is 3.18. The molecule has 8 aromatic rings. The third kappa shape index (κ3) is 7.44. The number of hydrogen-bond donors (Lipinski definition) is 0. The summed E-state index contributed by atoms with van der Waals surface area (Å²) >= 11 is 0. The smallest absolute Gasteiger partial charge is 0.00987 e. The van der Waals surface area contributed by atoms with Gasteiger partial charge in [0.15, 0.2) is 0 Å². The Morgan fingerprint density at radius 2 is 0.692 bits per heavy atom. The van der Waals surface area contributed by atoms with Gasteiger partial charge in [-0.3, -0.25) is 0 Å². The van der Waals surface area contributed by atoms with Gasteiger partial charge in [0, 0.05) is 0 Å². The highest BCUT2D eigenvalue weighted by atomic mass is 14.1. The molecule has 0 heterocycles. The second kappa shape index (κ2) is 15.4. The summed E-state index contributed by atoms with van der Waals surface area (Å²) in [5, 5.41) is 12.9. The number of hydrogen-bond acceptors (Lipinski definition) is 0. The molecule has 0 amide bonds. The topological polar surface area (TPSA) is 0 Å². The van der Waals surface area contributed by atoms with Gasteiger partial charge in [-0.15, -0.1) is 0 Å². The SMILES string of the molecule is CCCCCc1ccc(/C=C/c2ccc3cc4c(ccc5c6cc7ccc(/C=C/c8ccc(CCCCC)cc8)cc7cc6ccc45)cc3c2)cc1. The second-order valence-electron chi connectivity index (χ2n) is 14.7. The van der Waals surface area contributed by atoms with Gasteiger partial charge in [-0.2, -0.15) is 0 Å². The zero-order valence-corrected chi connectivity index (χ0v) is 30.7. The predicted molar refractivity (Wildman–Crippen MR) is 231 cm³/mol. The average molecular weight is 673 g/mol. The lowest BCUT2D eigenvalue weighted by atomic mass is 9.93. The van der Waals surface area contributed by atoms with Crippen LogP contribution in [-0.4, -0.2) is 0 Å². The van der Waals surface area contributed by atoms with Crippen molar-refractivity contribution in [2.75, 3.05) is 0 Å². The predicted octanol–water partition coefficient (Wildman–Crippen LogP) is 15.3. The highest BCUT2D eigenvalue weighted by Gasteiger charge is 2.09. The number of benzene rings is 8. The molecule has 0 N–H and O–H groups in total. The van der Waals surface area contributed by atoms with Gasteiger partial charge in [-0.05, 0) is 149 Å². The molecule has 8 rings (SSSR count). The highest BCUT2D eigenvalue weighted by Crippen LogP contribution is 2.36. The minimum absolute atomic E-state index is 1.17. The second-order valence-corrected chi connectivity index (χ2v) is 14.7. The van der Waals surface area contributed by atoms with Crippen LogP contribution in [0.5, 0.6) is 0 Å². The number of fused-ring (bicyclic) bond motifs is 7. The molecule has 256 valence electrons. The molecule has 0 aliphatic carbocycles. The molecule has 0 nitrogen and oxygen atoms in total. The monoisotopic (exact) mass is 672 g/mol. The van der Waals surface area contributed by atoms with E-state index in [0.29, 0.717) is 0 Å². The van der Waals surface area contributed by atoms with Gasteiger partial charge in [0.25, 0.3) is 0 Å². The van der Waals surface area contributed by atoms with Crippen LogP contribution in [0.1, 0.15) is 85.8 Å². The fraction of sp³-hybridized carbons (Fsp3) is 0.192. The van der Waals surface area contributed by atoms with Crippen molar-refractivity contribution in [2.24, 2.45) is 0 Å². The molecule has 52 heavy (non-hydrogen) atoms. The first-order chi connectivity index (χ1) is 25.6. The minimum Gasteiger partial charge on any atom is -0.0654 e. The number of unbranched alkanes of at least 4 members (excludes halogenated alkanes) is 4. The molecule has 8 aromatic carbocycles. The molecule has 0 radical (unpaired) electrons. The van der Waals surface area contributed by atoms with Gasteiger partial charge >= 0.3 is 0 Å². The van der Waals surface area contributed by atoms with Crippen molar-refractivity contribution in [1.82, 2.24) is 0 Å². The van der Waals surface area contributed by atoms with Crippen molar-refractivity contribution in [2.45, 2.75) is 65.2 Å². The number of rotatable bonds is 12. The summed E-state index contributed by atoms with van der Waals surface area (Å²) in [5.41, 5.74) is 7.81. The van der Waals surface area contributed by atoms with Crippen LogP contribution in [0.25, 0.3) is 78.2 Å². The zero-order valence-electron chi connectivity index (χ0n) is 30.7. The van der Waals surface area contributed by atoms with E-state index in [1.807, 2.05) is 0 Å². The van der Waals surface area contributed by atoms with Crippen LogP contribution in [0, 0.1) is 0 Å². The van der Waals surface area contributed by atoms with E-state index in [9.17, 15) is 0 Å². The maximum absolute atomic E-state index is 2.38. The third-order valence-corrected chi connectivity index (χ3v) is 10.8. The Morgan fingerprint density at radius 1 is 0.308 bits per heavy atom. The van der Waals surface area contributed by atoms with Crippen LogP contribution in [0.3, 0.4) is 0 Å². The van der Waals surface area contributed by atoms with Gasteiger partial charge in [0.1, 0.15) is 0 Å². The molecule has 0 unspecified atom stereocenters. The summed E-state index contributed by atoms with van der Waals surface area (Å²) in [6.07, 6.45) is 19.0. The summed E-state index contributed by atoms with van der Waals surface area (Å²) in [7, 11) is 0. The zero-order chi connectivity index (χ0) is 35.3. The van der Waals surface area contributed by atoms with E-state index in [1.54, 1.807) is 0 Å². The van der Waals surface area contributed by atoms with Crippen LogP contribution in [0.15, 0.2) is 133 Å². The normalized spacial score (nSPS) is 12.1. The molecule has 0 heteroatoms. The van der Waals surface area contributed by atoms with E-state index in [-0.39, 0.29) is 0 Å². The Hall–Kier alpha value is -5.46. The minimum atomic E-state index is 1.17. The van der Waals surface area contributed by atoms with E-state index >= 15 is 0 Å². The summed E-state index contributed by atoms with van der Waals surface area (Å²) in [4.78, 5) is 0. The van der Waals surface area contributed by atoms with Gasteiger partial charge in [0.05, 0.1) is 0 Å². The molecule has 0 aliphatic heterocycles. The summed E-state index contributed by atoms with van der Waals surface area (Å²) in [6.45, 7) is 4.52. The first-order valence-electron chi connectivity index (χ1n) is 19.4. The highest BCUT2D eigenvalue weighted by molar-refractivity contribution is 6.21. The Balaban J connectivity index is 1.04. The molecule has 0 fully saturated rings. The lowest BCUT2D eigenvalue weighted by Crippen LogP contribution is -1.85. The fourth-order valence-electron chi connectivity index (χ4n) is 7.75. The van der Waals surface area contributed by atoms with Crippen molar-refractivity contribution < 1.29 is 0 Å². The van der Waals surface area contributed by atoms with Gasteiger partial charge in [0.2, 0.25) is 0 Å². The van der Waals surface area contributed by atoms with Crippen LogP contribution in [-0.2, 0) is 12.8 Å². The molecule has 0 saturated carbocycles. The summed E-state index contributed by atoms with van der Waals surface area (Å²) in [6, 6.07) is 50.5. The Labute approximate surface area is 309 Å². The maximum Gasteiger partial charge on any atom is -0.00987 e. The van der Waals surface area contributed by atoms with E-state index < -0.39 is 0 Å². The molecule has 0 saturated heterocycles. The Bertz CT molecular complexity index is 2380. The molecule has 0 spiro atoms. The molecule has 0 bridgehead atoms. The van der Waals surface area contributed by atoms with Crippen LogP contribution in [0.4, 0.5) is 0 Å². The third-order valence-electron chi connectivity index (χ3n) is 10.8. The van der Waals surface area contributed by atoms with E-state index in [4.69, 9.17) is 0 Å². The van der Waals surface area contributed by atoms with Crippen molar-refractivity contribution in [3.05, 3.63) is 167 Å². The summed E-state index contributed by atoms with van der Waals surface area (Å²) < 4.78 is 0. The molecule has 0 aliphatic rings. The fourth-order valence-corrected chi connectivity index (χ4v) is 7.75. The molecular weight excluding hydrogens is 625 g/mol. The van der Waals surface area contributed by atoms with Crippen molar-refractivity contribution in [3.8, 4) is 0 Å². The van der Waals surface area contributed by atoms with E-state index in [0.717, 1.165) is 0 Å². The van der Waals surface area contributed by atoms with Crippen LogP contribution < -0.4 is 0 Å².